The van der Waals surface area contributed by atoms with Gasteiger partial charge in [-0.2, -0.15) is 0 Å². The lowest BCUT2D eigenvalue weighted by Crippen LogP contribution is -2.45. The van der Waals surface area contributed by atoms with E-state index >= 15 is 0 Å². The third kappa shape index (κ3) is 7.12. The molecule has 0 amide bonds. The van der Waals surface area contributed by atoms with Crippen molar-refractivity contribution < 1.29 is 9.47 Å². The third-order valence-corrected chi connectivity index (χ3v) is 4.95. The van der Waals surface area contributed by atoms with Crippen molar-refractivity contribution in [2.75, 3.05) is 59.1 Å². The van der Waals surface area contributed by atoms with Crippen molar-refractivity contribution in [2.45, 2.75) is 46.6 Å². The molecule has 0 aliphatic carbocycles. The maximum Gasteiger partial charge on any atom is 0.191 e. The van der Waals surface area contributed by atoms with E-state index in [9.17, 15) is 0 Å². The van der Waals surface area contributed by atoms with Gasteiger partial charge < -0.3 is 20.1 Å². The number of ether oxygens (including phenoxy) is 2. The molecule has 0 aromatic heterocycles. The van der Waals surface area contributed by atoms with Crippen LogP contribution >= 0.6 is 0 Å². The molecular formula is C19H38N4O2. The summed E-state index contributed by atoms with van der Waals surface area (Å²) in [5.74, 6) is 1.43. The SMILES string of the molecule is CCNC(=NCC1CCCOC1C(C)(C)C)NCCN1CCOCC1. The second kappa shape index (κ2) is 10.3. The Hall–Kier alpha value is -0.850. The Morgan fingerprint density at radius 1 is 1.16 bits per heavy atom. The molecule has 0 bridgehead atoms. The summed E-state index contributed by atoms with van der Waals surface area (Å²) in [7, 11) is 0. The zero-order valence-electron chi connectivity index (χ0n) is 16.6. The zero-order chi connectivity index (χ0) is 18.1. The molecule has 2 atom stereocenters. The molecule has 2 heterocycles. The molecule has 2 rings (SSSR count). The van der Waals surface area contributed by atoms with E-state index in [4.69, 9.17) is 14.5 Å². The van der Waals surface area contributed by atoms with Crippen LogP contribution in [0.3, 0.4) is 0 Å². The van der Waals surface area contributed by atoms with Gasteiger partial charge in [0.2, 0.25) is 0 Å². The number of hydrogen-bond donors (Lipinski definition) is 2. The number of nitrogens with zero attached hydrogens (tertiary/aromatic N) is 2. The quantitative estimate of drug-likeness (QED) is 0.562. The van der Waals surface area contributed by atoms with Crippen molar-refractivity contribution in [3.8, 4) is 0 Å². The van der Waals surface area contributed by atoms with Crippen LogP contribution in [0.2, 0.25) is 0 Å². The lowest BCUT2D eigenvalue weighted by Gasteiger charge is -2.39. The van der Waals surface area contributed by atoms with Gasteiger partial charge in [-0.25, -0.2) is 0 Å². The van der Waals surface area contributed by atoms with Crippen LogP contribution in [0.25, 0.3) is 0 Å². The van der Waals surface area contributed by atoms with E-state index in [1.165, 1.54) is 6.42 Å². The molecule has 6 heteroatoms. The van der Waals surface area contributed by atoms with Gasteiger partial charge in [0, 0.05) is 51.8 Å². The molecule has 2 aliphatic heterocycles. The van der Waals surface area contributed by atoms with E-state index in [1.807, 2.05) is 0 Å². The van der Waals surface area contributed by atoms with E-state index in [0.29, 0.717) is 12.0 Å². The highest BCUT2D eigenvalue weighted by molar-refractivity contribution is 5.79. The normalized spacial score (nSPS) is 26.5. The standard InChI is InChI=1S/C19H38N4O2/c1-5-20-18(21-8-9-23-10-13-24-14-11-23)22-15-16-7-6-12-25-17(16)19(2,3)4/h16-17H,5-15H2,1-4H3,(H2,20,21,22). The van der Waals surface area contributed by atoms with Crippen molar-refractivity contribution in [1.29, 1.82) is 0 Å². The maximum absolute atomic E-state index is 6.08. The highest BCUT2D eigenvalue weighted by Gasteiger charge is 2.35. The molecular weight excluding hydrogens is 316 g/mol. The average molecular weight is 355 g/mol. The molecule has 0 saturated carbocycles. The van der Waals surface area contributed by atoms with Crippen molar-refractivity contribution in [3.05, 3.63) is 0 Å². The highest BCUT2D eigenvalue weighted by Crippen LogP contribution is 2.34. The molecule has 2 fully saturated rings. The van der Waals surface area contributed by atoms with Crippen molar-refractivity contribution in [1.82, 2.24) is 15.5 Å². The molecule has 0 spiro atoms. The monoisotopic (exact) mass is 354 g/mol. The van der Waals surface area contributed by atoms with Crippen LogP contribution in [0.15, 0.2) is 4.99 Å². The van der Waals surface area contributed by atoms with Gasteiger partial charge in [-0.05, 0) is 25.2 Å². The molecule has 2 N–H and O–H groups in total. The van der Waals surface area contributed by atoms with Gasteiger partial charge in [-0.15, -0.1) is 0 Å². The summed E-state index contributed by atoms with van der Waals surface area (Å²) in [5, 5.41) is 6.85. The van der Waals surface area contributed by atoms with Gasteiger partial charge in [0.25, 0.3) is 0 Å². The summed E-state index contributed by atoms with van der Waals surface area (Å²) in [6.07, 6.45) is 2.65. The Bertz CT molecular complexity index is 403. The number of rotatable bonds is 6. The fourth-order valence-corrected chi connectivity index (χ4v) is 3.69. The number of nitrogens with one attached hydrogen (secondary N) is 2. The van der Waals surface area contributed by atoms with Gasteiger partial charge in [-0.1, -0.05) is 20.8 Å². The minimum atomic E-state index is 0.169. The molecule has 2 unspecified atom stereocenters. The molecule has 2 saturated heterocycles. The molecule has 6 nitrogen and oxygen atoms in total. The van der Waals surface area contributed by atoms with Gasteiger partial charge in [0.15, 0.2) is 5.96 Å². The van der Waals surface area contributed by atoms with Crippen molar-refractivity contribution in [3.63, 3.8) is 0 Å². The maximum atomic E-state index is 6.08. The van der Waals surface area contributed by atoms with Gasteiger partial charge in [0.05, 0.1) is 19.3 Å². The van der Waals surface area contributed by atoms with Gasteiger partial charge in [0.1, 0.15) is 0 Å². The fraction of sp³-hybridized carbons (Fsp3) is 0.947. The Morgan fingerprint density at radius 3 is 2.60 bits per heavy atom. The Labute approximate surface area is 153 Å². The molecule has 0 aromatic carbocycles. The molecule has 2 aliphatic rings. The summed E-state index contributed by atoms with van der Waals surface area (Å²) < 4.78 is 11.5. The largest absolute Gasteiger partial charge is 0.379 e. The number of morpholine rings is 1. The minimum Gasteiger partial charge on any atom is -0.379 e. The van der Waals surface area contributed by atoms with Crippen LogP contribution in [0.4, 0.5) is 0 Å². The van der Waals surface area contributed by atoms with Crippen LogP contribution < -0.4 is 10.6 Å². The zero-order valence-corrected chi connectivity index (χ0v) is 16.6. The lowest BCUT2D eigenvalue weighted by molar-refractivity contribution is -0.0823. The Kier molecular flexibility index (Phi) is 8.46. The smallest absolute Gasteiger partial charge is 0.191 e. The fourth-order valence-electron chi connectivity index (χ4n) is 3.69. The Balaban J connectivity index is 1.82. The highest BCUT2D eigenvalue weighted by atomic mass is 16.5. The van der Waals surface area contributed by atoms with E-state index in [1.54, 1.807) is 0 Å². The van der Waals surface area contributed by atoms with Crippen LogP contribution in [0.5, 0.6) is 0 Å². The number of guanidine groups is 1. The average Bonchev–Trinajstić information content (AvgIpc) is 2.60. The summed E-state index contributed by atoms with van der Waals surface area (Å²) in [4.78, 5) is 7.29. The van der Waals surface area contributed by atoms with Crippen molar-refractivity contribution >= 4 is 5.96 Å². The second-order valence-corrected chi connectivity index (χ2v) is 8.16. The van der Waals surface area contributed by atoms with Crippen LogP contribution in [0.1, 0.15) is 40.5 Å². The third-order valence-electron chi connectivity index (χ3n) is 4.95. The first kappa shape index (κ1) is 20.5. The molecule has 0 radical (unpaired) electrons. The lowest BCUT2D eigenvalue weighted by atomic mass is 9.78. The predicted molar refractivity (Wildman–Crippen MR) is 103 cm³/mol. The summed E-state index contributed by atoms with van der Waals surface area (Å²) in [6.45, 7) is 17.2. The second-order valence-electron chi connectivity index (χ2n) is 8.16. The van der Waals surface area contributed by atoms with Crippen LogP contribution in [0, 0.1) is 11.3 Å². The van der Waals surface area contributed by atoms with E-state index < -0.39 is 0 Å². The summed E-state index contributed by atoms with van der Waals surface area (Å²) in [6, 6.07) is 0. The van der Waals surface area contributed by atoms with Gasteiger partial charge >= 0.3 is 0 Å². The first-order valence-corrected chi connectivity index (χ1v) is 9.94. The first-order chi connectivity index (χ1) is 12.0. The molecule has 146 valence electrons. The van der Waals surface area contributed by atoms with E-state index in [2.05, 4.69) is 43.2 Å². The van der Waals surface area contributed by atoms with E-state index in [-0.39, 0.29) is 5.41 Å². The van der Waals surface area contributed by atoms with Crippen molar-refractivity contribution in [2.24, 2.45) is 16.3 Å². The Morgan fingerprint density at radius 2 is 1.92 bits per heavy atom. The number of hydrogen-bond acceptors (Lipinski definition) is 4. The molecule has 25 heavy (non-hydrogen) atoms. The molecule has 0 aromatic rings. The predicted octanol–water partition coefficient (Wildman–Crippen LogP) is 1.72. The van der Waals surface area contributed by atoms with E-state index in [0.717, 1.165) is 71.5 Å². The summed E-state index contributed by atoms with van der Waals surface area (Å²) >= 11 is 0. The number of aliphatic imine (C=N–C) groups is 1. The minimum absolute atomic E-state index is 0.169. The van der Waals surface area contributed by atoms with Crippen LogP contribution in [-0.2, 0) is 9.47 Å². The van der Waals surface area contributed by atoms with Gasteiger partial charge in [-0.3, -0.25) is 9.89 Å². The first-order valence-electron chi connectivity index (χ1n) is 9.94. The van der Waals surface area contributed by atoms with Crippen LogP contribution in [-0.4, -0.2) is 76.1 Å². The topological polar surface area (TPSA) is 58.1 Å². The summed E-state index contributed by atoms with van der Waals surface area (Å²) in [5.41, 5.74) is 0.169.